The van der Waals surface area contributed by atoms with E-state index in [1.165, 1.54) is 18.2 Å². The minimum atomic E-state index is -3.74. The number of pyridine rings is 1. The number of hydrogen-bond donors (Lipinski definition) is 2. The number of aromatic nitrogens is 1. The number of carbonyl (C=O) groups is 1. The zero-order valence-electron chi connectivity index (χ0n) is 7.91. The number of nitrogens with one attached hydrogen (secondary N) is 1. The van der Waals surface area contributed by atoms with Crippen LogP contribution in [-0.2, 0) is 10.0 Å². The normalized spacial score (nSPS) is 10.4. The van der Waals surface area contributed by atoms with Crippen LogP contribution in [0.5, 0.6) is 0 Å². The number of carboxylic acid groups (broad SMARTS) is 1. The van der Waals surface area contributed by atoms with Crippen molar-refractivity contribution in [2.24, 2.45) is 0 Å². The predicted octanol–water partition coefficient (Wildman–Crippen LogP) is 0.0451. The van der Waals surface area contributed by atoms with E-state index in [1.54, 1.807) is 0 Å². The number of nitriles is 1. The summed E-state index contributed by atoms with van der Waals surface area (Å²) in [5.74, 6) is -1.87. The van der Waals surface area contributed by atoms with E-state index in [9.17, 15) is 13.2 Å². The second kappa shape index (κ2) is 4.59. The molecule has 0 unspecified atom stereocenters. The summed E-state index contributed by atoms with van der Waals surface area (Å²) in [4.78, 5) is 14.1. The predicted molar refractivity (Wildman–Crippen MR) is 54.2 cm³/mol. The van der Waals surface area contributed by atoms with Gasteiger partial charge in [-0.3, -0.25) is 4.72 Å². The number of sulfonamides is 1. The molecule has 1 heterocycles. The molecular weight excluding hydrogens is 234 g/mol. The summed E-state index contributed by atoms with van der Waals surface area (Å²) in [6.45, 7) is 0. The Hall–Kier alpha value is -2.14. The molecule has 0 amide bonds. The molecule has 0 aliphatic rings. The quantitative estimate of drug-likeness (QED) is 0.768. The van der Waals surface area contributed by atoms with Gasteiger partial charge in [-0.1, -0.05) is 0 Å². The lowest BCUT2D eigenvalue weighted by Crippen LogP contribution is -2.16. The van der Waals surface area contributed by atoms with Crippen molar-refractivity contribution in [2.75, 3.05) is 10.5 Å². The molecule has 2 N–H and O–H groups in total. The minimum Gasteiger partial charge on any atom is -0.478 e. The lowest BCUT2D eigenvalue weighted by molar-refractivity contribution is 0.0696. The van der Waals surface area contributed by atoms with Crippen molar-refractivity contribution in [3.05, 3.63) is 23.9 Å². The van der Waals surface area contributed by atoms with Crippen LogP contribution in [0, 0.1) is 11.3 Å². The Morgan fingerprint density at radius 2 is 2.25 bits per heavy atom. The van der Waals surface area contributed by atoms with Gasteiger partial charge < -0.3 is 5.11 Å². The number of nitrogens with zero attached hydrogens (tertiary/aromatic N) is 2. The van der Waals surface area contributed by atoms with E-state index in [-0.39, 0.29) is 11.4 Å². The molecule has 0 aliphatic carbocycles. The van der Waals surface area contributed by atoms with Crippen molar-refractivity contribution in [2.45, 2.75) is 0 Å². The van der Waals surface area contributed by atoms with E-state index in [1.807, 2.05) is 4.72 Å². The monoisotopic (exact) mass is 241 g/mol. The average molecular weight is 241 g/mol. The first kappa shape index (κ1) is 11.9. The Morgan fingerprint density at radius 1 is 1.56 bits per heavy atom. The fourth-order valence-electron chi connectivity index (χ4n) is 0.861. The molecule has 1 aromatic rings. The molecule has 7 nitrogen and oxygen atoms in total. The van der Waals surface area contributed by atoms with E-state index in [4.69, 9.17) is 10.4 Å². The molecule has 0 spiro atoms. The molecule has 0 bridgehead atoms. The van der Waals surface area contributed by atoms with Crippen molar-refractivity contribution in [3.63, 3.8) is 0 Å². The lowest BCUT2D eigenvalue weighted by atomic mass is 10.3. The van der Waals surface area contributed by atoms with Gasteiger partial charge in [0.25, 0.3) is 0 Å². The first-order chi connectivity index (χ1) is 7.44. The van der Waals surface area contributed by atoms with Crippen LogP contribution >= 0.6 is 0 Å². The van der Waals surface area contributed by atoms with Gasteiger partial charge in [0.15, 0.2) is 5.75 Å². The molecule has 0 saturated heterocycles. The Morgan fingerprint density at radius 3 is 2.69 bits per heavy atom. The summed E-state index contributed by atoms with van der Waals surface area (Å²) >= 11 is 0. The molecule has 0 aliphatic heterocycles. The molecule has 0 atom stereocenters. The van der Waals surface area contributed by atoms with Crippen LogP contribution in [0.3, 0.4) is 0 Å². The largest absolute Gasteiger partial charge is 0.478 e. The van der Waals surface area contributed by atoms with Gasteiger partial charge in [-0.2, -0.15) is 5.26 Å². The fraction of sp³-hybridized carbons (Fsp3) is 0.125. The number of carboxylic acids is 1. The first-order valence-electron chi connectivity index (χ1n) is 4.01. The summed E-state index contributed by atoms with van der Waals surface area (Å²) in [7, 11) is -3.74. The van der Waals surface area contributed by atoms with E-state index >= 15 is 0 Å². The van der Waals surface area contributed by atoms with Crippen LogP contribution in [-0.4, -0.2) is 30.2 Å². The minimum absolute atomic E-state index is 0.0275. The van der Waals surface area contributed by atoms with Gasteiger partial charge in [0.1, 0.15) is 5.82 Å². The van der Waals surface area contributed by atoms with Gasteiger partial charge in [0.05, 0.1) is 11.6 Å². The van der Waals surface area contributed by atoms with Crippen LogP contribution in [0.2, 0.25) is 0 Å². The summed E-state index contributed by atoms with van der Waals surface area (Å²) in [5.41, 5.74) is -0.0526. The van der Waals surface area contributed by atoms with Crippen molar-refractivity contribution in [1.29, 1.82) is 5.26 Å². The van der Waals surface area contributed by atoms with Gasteiger partial charge in [0, 0.05) is 6.20 Å². The number of anilines is 1. The highest BCUT2D eigenvalue weighted by Crippen LogP contribution is 2.07. The molecule has 84 valence electrons. The fourth-order valence-corrected chi connectivity index (χ4v) is 1.54. The second-order valence-corrected chi connectivity index (χ2v) is 4.48. The third-order valence-corrected chi connectivity index (χ3v) is 2.55. The molecule has 0 fully saturated rings. The Kier molecular flexibility index (Phi) is 3.42. The highest BCUT2D eigenvalue weighted by Gasteiger charge is 2.10. The standard InChI is InChI=1S/C8H7N3O4S/c9-3-4-16(14,15)11-7-2-1-6(5-10-7)8(12)13/h1-2,5H,4H2,(H,10,11)(H,12,13). The van der Waals surface area contributed by atoms with Crippen molar-refractivity contribution in [3.8, 4) is 6.07 Å². The highest BCUT2D eigenvalue weighted by atomic mass is 32.2. The number of aromatic carboxylic acids is 1. The van der Waals surface area contributed by atoms with E-state index in [2.05, 4.69) is 4.98 Å². The molecule has 0 aromatic carbocycles. The molecule has 1 rings (SSSR count). The third-order valence-electron chi connectivity index (χ3n) is 1.53. The van der Waals surface area contributed by atoms with Crippen molar-refractivity contribution >= 4 is 21.8 Å². The molecule has 16 heavy (non-hydrogen) atoms. The van der Waals surface area contributed by atoms with Crippen LogP contribution < -0.4 is 4.72 Å². The summed E-state index contributed by atoms with van der Waals surface area (Å²) in [6.07, 6.45) is 1.02. The van der Waals surface area contributed by atoms with E-state index < -0.39 is 21.7 Å². The van der Waals surface area contributed by atoms with E-state index in [0.29, 0.717) is 0 Å². The van der Waals surface area contributed by atoms with Gasteiger partial charge in [-0.25, -0.2) is 18.2 Å². The molecule has 1 aromatic heterocycles. The van der Waals surface area contributed by atoms with Gasteiger partial charge >= 0.3 is 5.97 Å². The van der Waals surface area contributed by atoms with Crippen molar-refractivity contribution < 1.29 is 18.3 Å². The van der Waals surface area contributed by atoms with Crippen LogP contribution in [0.1, 0.15) is 10.4 Å². The maximum Gasteiger partial charge on any atom is 0.337 e. The topological polar surface area (TPSA) is 120 Å². The molecule has 0 saturated carbocycles. The van der Waals surface area contributed by atoms with Gasteiger partial charge in [0.2, 0.25) is 10.0 Å². The number of rotatable bonds is 4. The average Bonchev–Trinajstić information content (AvgIpc) is 2.17. The Labute approximate surface area is 91.4 Å². The highest BCUT2D eigenvalue weighted by molar-refractivity contribution is 7.92. The van der Waals surface area contributed by atoms with Gasteiger partial charge in [-0.15, -0.1) is 0 Å². The zero-order valence-corrected chi connectivity index (χ0v) is 8.73. The molecule has 8 heteroatoms. The number of hydrogen-bond acceptors (Lipinski definition) is 5. The maximum absolute atomic E-state index is 11.1. The first-order valence-corrected chi connectivity index (χ1v) is 5.66. The molecular formula is C8H7N3O4S. The Bertz CT molecular complexity index is 529. The van der Waals surface area contributed by atoms with Crippen LogP contribution in [0.4, 0.5) is 5.82 Å². The van der Waals surface area contributed by atoms with Crippen molar-refractivity contribution in [1.82, 2.24) is 4.98 Å². The lowest BCUT2D eigenvalue weighted by Gasteiger charge is -2.03. The summed E-state index contributed by atoms with van der Waals surface area (Å²) in [5, 5.41) is 16.8. The zero-order chi connectivity index (χ0) is 12.2. The Balaban J connectivity index is 2.85. The second-order valence-electron chi connectivity index (χ2n) is 2.76. The summed E-state index contributed by atoms with van der Waals surface area (Å²) < 4.78 is 24.3. The van der Waals surface area contributed by atoms with Crippen LogP contribution in [0.15, 0.2) is 18.3 Å². The third kappa shape index (κ3) is 3.21. The van der Waals surface area contributed by atoms with Crippen LogP contribution in [0.25, 0.3) is 0 Å². The SMILES string of the molecule is N#CCS(=O)(=O)Nc1ccc(C(=O)O)cn1. The summed E-state index contributed by atoms with van der Waals surface area (Å²) in [6, 6.07) is 3.90. The van der Waals surface area contributed by atoms with E-state index in [0.717, 1.165) is 6.20 Å². The van der Waals surface area contributed by atoms with Gasteiger partial charge in [-0.05, 0) is 12.1 Å². The smallest absolute Gasteiger partial charge is 0.337 e. The molecule has 0 radical (unpaired) electrons. The maximum atomic E-state index is 11.1.